The van der Waals surface area contributed by atoms with Crippen LogP contribution in [0.15, 0.2) is 42.6 Å². The number of pyridine rings is 1. The molecule has 1 aliphatic heterocycles. The van der Waals surface area contributed by atoms with Gasteiger partial charge in [-0.25, -0.2) is 4.98 Å². The van der Waals surface area contributed by atoms with Gasteiger partial charge in [0, 0.05) is 50.0 Å². The van der Waals surface area contributed by atoms with Gasteiger partial charge >= 0.3 is 0 Å². The van der Waals surface area contributed by atoms with Crippen LogP contribution in [0.25, 0.3) is 11.1 Å². The van der Waals surface area contributed by atoms with Gasteiger partial charge < -0.3 is 10.2 Å². The van der Waals surface area contributed by atoms with Crippen LogP contribution in [0.4, 0.5) is 11.6 Å². The molecule has 2 aromatic heterocycles. The van der Waals surface area contributed by atoms with Gasteiger partial charge in [0.25, 0.3) is 0 Å². The molecule has 0 spiro atoms. The van der Waals surface area contributed by atoms with Crippen LogP contribution in [0.5, 0.6) is 0 Å². The first-order valence-electron chi connectivity index (χ1n) is 9.09. The summed E-state index contributed by atoms with van der Waals surface area (Å²) in [6.45, 7) is 2.88. The summed E-state index contributed by atoms with van der Waals surface area (Å²) in [5.74, 6) is 1.51. The Bertz CT molecular complexity index is 1060. The number of fused-ring (bicyclic) bond motifs is 1. The Labute approximate surface area is 163 Å². The third kappa shape index (κ3) is 3.32. The monoisotopic (exact) mass is 372 g/mol. The van der Waals surface area contributed by atoms with Crippen molar-refractivity contribution >= 4 is 17.5 Å². The highest BCUT2D eigenvalue weighted by atomic mass is 16.2. The van der Waals surface area contributed by atoms with Crippen LogP contribution >= 0.6 is 0 Å². The molecule has 1 aliphatic rings. The maximum atomic E-state index is 11.7. The number of hydrogen-bond acceptors (Lipinski definition) is 5. The molecule has 0 saturated heterocycles. The molecule has 7 heteroatoms. The number of hydrogen-bond donors (Lipinski definition) is 1. The van der Waals surface area contributed by atoms with Gasteiger partial charge in [-0.2, -0.15) is 10.4 Å². The summed E-state index contributed by atoms with van der Waals surface area (Å²) >= 11 is 0. The fraction of sp³-hybridized carbons (Fsp3) is 0.238. The summed E-state index contributed by atoms with van der Waals surface area (Å²) in [4.78, 5) is 18.1. The highest BCUT2D eigenvalue weighted by Crippen LogP contribution is 2.28. The molecule has 1 aromatic carbocycles. The number of aromatic nitrogens is 3. The second kappa shape index (κ2) is 7.16. The van der Waals surface area contributed by atoms with E-state index in [4.69, 9.17) is 5.26 Å². The number of amides is 1. The molecule has 0 radical (unpaired) electrons. The Morgan fingerprint density at radius 3 is 2.57 bits per heavy atom. The van der Waals surface area contributed by atoms with Crippen LogP contribution in [0.2, 0.25) is 0 Å². The van der Waals surface area contributed by atoms with E-state index >= 15 is 0 Å². The quantitative estimate of drug-likeness (QED) is 0.764. The molecule has 0 aliphatic carbocycles. The molecule has 0 unspecified atom stereocenters. The number of benzene rings is 1. The van der Waals surface area contributed by atoms with E-state index in [1.165, 1.54) is 0 Å². The molecule has 0 fully saturated rings. The van der Waals surface area contributed by atoms with Crippen molar-refractivity contribution in [3.05, 3.63) is 59.4 Å². The molecule has 140 valence electrons. The molecule has 0 saturated carbocycles. The van der Waals surface area contributed by atoms with Crippen LogP contribution in [-0.4, -0.2) is 32.1 Å². The van der Waals surface area contributed by atoms with Crippen molar-refractivity contribution in [3.63, 3.8) is 0 Å². The highest BCUT2D eigenvalue weighted by molar-refractivity contribution is 5.74. The number of aryl methyl sites for hydroxylation is 1. The lowest BCUT2D eigenvalue weighted by atomic mass is 10.1. The first-order valence-corrected chi connectivity index (χ1v) is 9.09. The van der Waals surface area contributed by atoms with Crippen LogP contribution in [0.3, 0.4) is 0 Å². The summed E-state index contributed by atoms with van der Waals surface area (Å²) in [7, 11) is 1.93. The van der Waals surface area contributed by atoms with E-state index < -0.39 is 0 Å². The summed E-state index contributed by atoms with van der Waals surface area (Å²) < 4.78 is 1.88. The van der Waals surface area contributed by atoms with Gasteiger partial charge in [-0.15, -0.1) is 0 Å². The van der Waals surface area contributed by atoms with Crippen LogP contribution in [0, 0.1) is 11.3 Å². The van der Waals surface area contributed by atoms with Crippen molar-refractivity contribution in [2.75, 3.05) is 11.9 Å². The normalized spacial score (nSPS) is 13.0. The summed E-state index contributed by atoms with van der Waals surface area (Å²) in [6, 6.07) is 13.4. The average molecular weight is 372 g/mol. The standard InChI is InChI=1S/C21H20N6O/c1-14(28)27-10-9-19-18(13-27)21(25-26(19)2)24-20-8-7-17(12-23-20)16-5-3-15(11-22)4-6-16/h3-8,12H,9-10,13H2,1-2H3,(H,23,24,25). The van der Waals surface area contributed by atoms with Crippen molar-refractivity contribution in [1.82, 2.24) is 19.7 Å². The Kier molecular flexibility index (Phi) is 4.53. The lowest BCUT2D eigenvalue weighted by Gasteiger charge is -2.26. The molecule has 1 amide bonds. The molecule has 7 nitrogen and oxygen atoms in total. The van der Waals surface area contributed by atoms with E-state index in [0.29, 0.717) is 17.9 Å². The molecule has 28 heavy (non-hydrogen) atoms. The van der Waals surface area contributed by atoms with Gasteiger partial charge in [0.2, 0.25) is 5.91 Å². The average Bonchev–Trinajstić information content (AvgIpc) is 3.03. The number of rotatable bonds is 3. The maximum absolute atomic E-state index is 11.7. The number of carbonyl (C=O) groups is 1. The highest BCUT2D eigenvalue weighted by Gasteiger charge is 2.25. The minimum atomic E-state index is 0.0744. The number of anilines is 2. The second-order valence-corrected chi connectivity index (χ2v) is 6.83. The lowest BCUT2D eigenvalue weighted by molar-refractivity contribution is -0.129. The van der Waals surface area contributed by atoms with Gasteiger partial charge in [0.15, 0.2) is 5.82 Å². The van der Waals surface area contributed by atoms with Crippen molar-refractivity contribution in [3.8, 4) is 17.2 Å². The first kappa shape index (κ1) is 17.7. The Morgan fingerprint density at radius 2 is 1.93 bits per heavy atom. The molecule has 0 bridgehead atoms. The Hall–Kier alpha value is -3.66. The van der Waals surface area contributed by atoms with E-state index in [-0.39, 0.29) is 5.91 Å². The van der Waals surface area contributed by atoms with Gasteiger partial charge in [0.05, 0.1) is 18.2 Å². The number of carbonyl (C=O) groups excluding carboxylic acids is 1. The molecular weight excluding hydrogens is 352 g/mol. The van der Waals surface area contributed by atoms with E-state index in [0.717, 1.165) is 41.2 Å². The number of nitrogens with one attached hydrogen (secondary N) is 1. The Morgan fingerprint density at radius 1 is 1.18 bits per heavy atom. The van der Waals surface area contributed by atoms with Gasteiger partial charge in [-0.3, -0.25) is 9.48 Å². The van der Waals surface area contributed by atoms with Gasteiger partial charge in [0.1, 0.15) is 5.82 Å². The van der Waals surface area contributed by atoms with E-state index in [1.54, 1.807) is 25.3 Å². The zero-order chi connectivity index (χ0) is 19.7. The Balaban J connectivity index is 1.55. The third-order valence-corrected chi connectivity index (χ3v) is 5.04. The number of nitrogens with zero attached hydrogens (tertiary/aromatic N) is 5. The van der Waals surface area contributed by atoms with Crippen molar-refractivity contribution in [2.45, 2.75) is 19.9 Å². The van der Waals surface area contributed by atoms with Gasteiger partial charge in [-0.05, 0) is 29.8 Å². The lowest BCUT2D eigenvalue weighted by Crippen LogP contribution is -2.34. The first-order chi connectivity index (χ1) is 13.5. The zero-order valence-electron chi connectivity index (χ0n) is 15.8. The van der Waals surface area contributed by atoms with E-state index in [1.807, 2.05) is 40.9 Å². The van der Waals surface area contributed by atoms with Crippen LogP contribution in [-0.2, 0) is 24.8 Å². The van der Waals surface area contributed by atoms with E-state index in [2.05, 4.69) is 21.5 Å². The van der Waals surface area contributed by atoms with Gasteiger partial charge in [-0.1, -0.05) is 12.1 Å². The molecule has 4 rings (SSSR count). The fourth-order valence-corrected chi connectivity index (χ4v) is 3.46. The molecule has 1 N–H and O–H groups in total. The summed E-state index contributed by atoms with van der Waals surface area (Å²) in [5, 5.41) is 16.8. The topological polar surface area (TPSA) is 86.8 Å². The van der Waals surface area contributed by atoms with Crippen LogP contribution < -0.4 is 5.32 Å². The minimum absolute atomic E-state index is 0.0744. The second-order valence-electron chi connectivity index (χ2n) is 6.83. The fourth-order valence-electron chi connectivity index (χ4n) is 3.46. The predicted octanol–water partition coefficient (Wildman–Crippen LogP) is 3.00. The zero-order valence-corrected chi connectivity index (χ0v) is 15.8. The van der Waals surface area contributed by atoms with E-state index in [9.17, 15) is 4.79 Å². The largest absolute Gasteiger partial charge is 0.338 e. The SMILES string of the molecule is CC(=O)N1CCc2c(c(Nc3ccc(-c4ccc(C#N)cc4)cn3)nn2C)C1. The third-order valence-electron chi connectivity index (χ3n) is 5.04. The summed E-state index contributed by atoms with van der Waals surface area (Å²) in [5.41, 5.74) is 4.80. The molecule has 3 aromatic rings. The molecule has 0 atom stereocenters. The summed E-state index contributed by atoms with van der Waals surface area (Å²) in [6.07, 6.45) is 2.59. The minimum Gasteiger partial charge on any atom is -0.338 e. The van der Waals surface area contributed by atoms with Crippen LogP contribution in [0.1, 0.15) is 23.7 Å². The molecule has 3 heterocycles. The predicted molar refractivity (Wildman–Crippen MR) is 106 cm³/mol. The van der Waals surface area contributed by atoms with Crippen molar-refractivity contribution in [1.29, 1.82) is 5.26 Å². The van der Waals surface area contributed by atoms with Crippen molar-refractivity contribution < 1.29 is 4.79 Å². The molecular formula is C21H20N6O. The number of nitriles is 1. The van der Waals surface area contributed by atoms with Crippen molar-refractivity contribution in [2.24, 2.45) is 7.05 Å². The smallest absolute Gasteiger partial charge is 0.219 e. The maximum Gasteiger partial charge on any atom is 0.219 e.